The standard InChI is InChI=1S/C17H23N3O2S2/c1-9-6-5-7-10(2)20(9)13(21)8-23-17-18-15(22)14-11(3)12(4)24-16(14)19-17/h9-10H,5-8H2,1-4H3,(H,18,19,22). The minimum Gasteiger partial charge on any atom is -0.337 e. The Morgan fingerprint density at radius 2 is 2.00 bits per heavy atom. The van der Waals surface area contributed by atoms with E-state index in [1.807, 2.05) is 18.7 Å². The number of hydrogen-bond acceptors (Lipinski definition) is 5. The third kappa shape index (κ3) is 3.24. The lowest BCUT2D eigenvalue weighted by Crippen LogP contribution is -2.48. The monoisotopic (exact) mass is 365 g/mol. The molecule has 3 heterocycles. The Labute approximate surface area is 149 Å². The summed E-state index contributed by atoms with van der Waals surface area (Å²) in [4.78, 5) is 36.1. The molecule has 5 nitrogen and oxygen atoms in total. The normalized spacial score (nSPS) is 21.4. The second-order valence-electron chi connectivity index (χ2n) is 6.55. The molecule has 7 heteroatoms. The molecule has 2 aromatic heterocycles. The van der Waals surface area contributed by atoms with Gasteiger partial charge in [0.05, 0.1) is 11.1 Å². The number of nitrogens with zero attached hydrogens (tertiary/aromatic N) is 2. The topological polar surface area (TPSA) is 66.1 Å². The number of hydrogen-bond donors (Lipinski definition) is 1. The smallest absolute Gasteiger partial charge is 0.260 e. The van der Waals surface area contributed by atoms with E-state index >= 15 is 0 Å². The van der Waals surface area contributed by atoms with Crippen LogP contribution in [-0.4, -0.2) is 38.6 Å². The summed E-state index contributed by atoms with van der Waals surface area (Å²) < 4.78 is 0. The number of piperidine rings is 1. The van der Waals surface area contributed by atoms with E-state index in [-0.39, 0.29) is 11.5 Å². The highest BCUT2D eigenvalue weighted by molar-refractivity contribution is 7.99. The number of rotatable bonds is 3. The SMILES string of the molecule is Cc1sc2nc(SCC(=O)N3C(C)CCCC3C)[nH]c(=O)c2c1C. The second-order valence-corrected chi connectivity index (χ2v) is 8.72. The molecular weight excluding hydrogens is 342 g/mol. The fraction of sp³-hybridized carbons (Fsp3) is 0.588. The van der Waals surface area contributed by atoms with Crippen molar-refractivity contribution in [1.82, 2.24) is 14.9 Å². The van der Waals surface area contributed by atoms with E-state index in [0.29, 0.717) is 28.4 Å². The Morgan fingerprint density at radius 3 is 2.67 bits per heavy atom. The van der Waals surface area contributed by atoms with Crippen LogP contribution in [0, 0.1) is 13.8 Å². The largest absolute Gasteiger partial charge is 0.337 e. The number of carbonyl (C=O) groups is 1. The quantitative estimate of drug-likeness (QED) is 0.668. The van der Waals surface area contributed by atoms with Gasteiger partial charge in [-0.05, 0) is 52.5 Å². The van der Waals surface area contributed by atoms with Crippen LogP contribution in [0.15, 0.2) is 9.95 Å². The number of thioether (sulfide) groups is 1. The fourth-order valence-electron chi connectivity index (χ4n) is 3.42. The molecule has 2 aromatic rings. The molecule has 1 amide bonds. The highest BCUT2D eigenvalue weighted by atomic mass is 32.2. The molecule has 0 radical (unpaired) electrons. The van der Waals surface area contributed by atoms with E-state index in [2.05, 4.69) is 23.8 Å². The predicted octanol–water partition coefficient (Wildman–Crippen LogP) is 3.48. The lowest BCUT2D eigenvalue weighted by Gasteiger charge is -2.39. The van der Waals surface area contributed by atoms with Crippen molar-refractivity contribution in [2.75, 3.05) is 5.75 Å². The van der Waals surface area contributed by atoms with Gasteiger partial charge in [0.25, 0.3) is 5.56 Å². The van der Waals surface area contributed by atoms with Gasteiger partial charge < -0.3 is 9.88 Å². The number of nitrogens with one attached hydrogen (secondary N) is 1. The van der Waals surface area contributed by atoms with Crippen LogP contribution < -0.4 is 5.56 Å². The van der Waals surface area contributed by atoms with Gasteiger partial charge in [0, 0.05) is 17.0 Å². The van der Waals surface area contributed by atoms with E-state index in [9.17, 15) is 9.59 Å². The van der Waals surface area contributed by atoms with Crippen molar-refractivity contribution in [3.63, 3.8) is 0 Å². The molecule has 0 saturated carbocycles. The third-order valence-corrected chi connectivity index (χ3v) is 6.79. The maximum absolute atomic E-state index is 12.6. The summed E-state index contributed by atoms with van der Waals surface area (Å²) >= 11 is 2.85. The molecule has 1 N–H and O–H groups in total. The molecule has 130 valence electrons. The predicted molar refractivity (Wildman–Crippen MR) is 100 cm³/mol. The first-order valence-corrected chi connectivity index (χ1v) is 10.1. The first kappa shape index (κ1) is 17.5. The van der Waals surface area contributed by atoms with Gasteiger partial charge in [0.1, 0.15) is 4.83 Å². The van der Waals surface area contributed by atoms with Gasteiger partial charge in [-0.2, -0.15) is 0 Å². The number of aromatic nitrogens is 2. The maximum atomic E-state index is 12.6. The number of thiophene rings is 1. The molecule has 2 unspecified atom stereocenters. The molecular formula is C17H23N3O2S2. The Balaban J connectivity index is 1.76. The van der Waals surface area contributed by atoms with E-state index < -0.39 is 0 Å². The molecule has 0 spiro atoms. The number of aromatic amines is 1. The number of likely N-dealkylation sites (tertiary alicyclic amines) is 1. The average Bonchev–Trinajstić information content (AvgIpc) is 2.80. The van der Waals surface area contributed by atoms with E-state index in [1.54, 1.807) is 0 Å². The summed E-state index contributed by atoms with van der Waals surface area (Å²) in [5, 5.41) is 1.20. The van der Waals surface area contributed by atoms with E-state index in [4.69, 9.17) is 0 Å². The number of fused-ring (bicyclic) bond motifs is 1. The minimum absolute atomic E-state index is 0.114. The lowest BCUT2D eigenvalue weighted by atomic mass is 9.98. The van der Waals surface area contributed by atoms with Crippen LogP contribution in [0.1, 0.15) is 43.6 Å². The van der Waals surface area contributed by atoms with Crippen molar-refractivity contribution in [2.24, 2.45) is 0 Å². The van der Waals surface area contributed by atoms with Gasteiger partial charge >= 0.3 is 0 Å². The summed E-state index contributed by atoms with van der Waals surface area (Å²) in [6.07, 6.45) is 3.31. The minimum atomic E-state index is -0.114. The Morgan fingerprint density at radius 1 is 1.33 bits per heavy atom. The third-order valence-electron chi connectivity index (χ3n) is 4.83. The van der Waals surface area contributed by atoms with Crippen LogP contribution in [0.25, 0.3) is 10.2 Å². The van der Waals surface area contributed by atoms with Crippen LogP contribution >= 0.6 is 23.1 Å². The van der Waals surface area contributed by atoms with Crippen molar-refractivity contribution in [3.8, 4) is 0 Å². The zero-order valence-corrected chi connectivity index (χ0v) is 16.1. The maximum Gasteiger partial charge on any atom is 0.260 e. The summed E-state index contributed by atoms with van der Waals surface area (Å²) in [5.74, 6) is 0.438. The molecule has 3 rings (SSSR count). The van der Waals surface area contributed by atoms with Gasteiger partial charge in [-0.15, -0.1) is 11.3 Å². The molecule has 24 heavy (non-hydrogen) atoms. The molecule has 1 fully saturated rings. The molecule has 2 atom stereocenters. The summed E-state index contributed by atoms with van der Waals surface area (Å²) in [5.41, 5.74) is 0.879. The summed E-state index contributed by atoms with van der Waals surface area (Å²) in [7, 11) is 0. The Bertz CT molecular complexity index is 817. The van der Waals surface area contributed by atoms with Crippen LogP contribution in [0.5, 0.6) is 0 Å². The van der Waals surface area contributed by atoms with Crippen molar-refractivity contribution in [1.29, 1.82) is 0 Å². The highest BCUT2D eigenvalue weighted by Crippen LogP contribution is 2.28. The Kier molecular flexibility index (Phi) is 5.01. The van der Waals surface area contributed by atoms with Crippen molar-refractivity contribution in [2.45, 2.75) is 64.2 Å². The summed E-state index contributed by atoms with van der Waals surface area (Å²) in [6, 6.07) is 0.581. The molecule has 1 aliphatic heterocycles. The van der Waals surface area contributed by atoms with Crippen LogP contribution in [-0.2, 0) is 4.79 Å². The van der Waals surface area contributed by atoms with E-state index in [1.165, 1.54) is 29.5 Å². The van der Waals surface area contributed by atoms with Crippen LogP contribution in [0.3, 0.4) is 0 Å². The van der Waals surface area contributed by atoms with Crippen molar-refractivity contribution >= 4 is 39.2 Å². The summed E-state index contributed by atoms with van der Waals surface area (Å²) in [6.45, 7) is 8.17. The van der Waals surface area contributed by atoms with Gasteiger partial charge in [-0.1, -0.05) is 11.8 Å². The molecule has 1 saturated heterocycles. The van der Waals surface area contributed by atoms with E-state index in [0.717, 1.165) is 28.1 Å². The van der Waals surface area contributed by atoms with Crippen LogP contribution in [0.2, 0.25) is 0 Å². The number of amides is 1. The number of aryl methyl sites for hydroxylation is 2. The average molecular weight is 366 g/mol. The van der Waals surface area contributed by atoms with Crippen molar-refractivity contribution in [3.05, 3.63) is 20.8 Å². The van der Waals surface area contributed by atoms with Crippen LogP contribution in [0.4, 0.5) is 0 Å². The Hall–Kier alpha value is -1.34. The highest BCUT2D eigenvalue weighted by Gasteiger charge is 2.28. The lowest BCUT2D eigenvalue weighted by molar-refractivity contribution is -0.134. The van der Waals surface area contributed by atoms with Gasteiger partial charge in [-0.3, -0.25) is 9.59 Å². The molecule has 1 aliphatic rings. The van der Waals surface area contributed by atoms with Gasteiger partial charge in [0.2, 0.25) is 5.91 Å². The van der Waals surface area contributed by atoms with Gasteiger partial charge in [0.15, 0.2) is 5.16 Å². The first-order chi connectivity index (χ1) is 11.4. The molecule has 0 aromatic carbocycles. The van der Waals surface area contributed by atoms with Crippen molar-refractivity contribution < 1.29 is 4.79 Å². The second kappa shape index (κ2) is 6.88. The zero-order chi connectivity index (χ0) is 17.4. The zero-order valence-electron chi connectivity index (χ0n) is 14.5. The fourth-order valence-corrected chi connectivity index (χ4v) is 5.24. The molecule has 0 bridgehead atoms. The molecule has 0 aliphatic carbocycles. The number of carbonyl (C=O) groups excluding carboxylic acids is 1. The first-order valence-electron chi connectivity index (χ1n) is 8.32. The van der Waals surface area contributed by atoms with Gasteiger partial charge in [-0.25, -0.2) is 4.98 Å². The number of H-pyrrole nitrogens is 1.